The van der Waals surface area contributed by atoms with E-state index in [0.717, 1.165) is 12.1 Å². The molecule has 1 aromatic carbocycles. The van der Waals surface area contributed by atoms with Gasteiger partial charge < -0.3 is 14.4 Å². The summed E-state index contributed by atoms with van der Waals surface area (Å²) in [4.78, 5) is 1.71. The zero-order valence-corrected chi connectivity index (χ0v) is 10.8. The van der Waals surface area contributed by atoms with Gasteiger partial charge in [0.25, 0.3) is 0 Å². The maximum Gasteiger partial charge on any atom is 0.318 e. The average molecular weight is 281 g/mol. The first kappa shape index (κ1) is 13.0. The van der Waals surface area contributed by atoms with Gasteiger partial charge in [-0.25, -0.2) is 8.78 Å². The van der Waals surface area contributed by atoms with Crippen molar-refractivity contribution in [3.05, 3.63) is 41.3 Å². The Morgan fingerprint density at radius 3 is 2.75 bits per heavy atom. The van der Waals surface area contributed by atoms with Gasteiger partial charge in [-0.2, -0.15) is 0 Å². The number of aliphatic hydroxyl groups excluding tert-OH is 1. The molecule has 2 heterocycles. The highest BCUT2D eigenvalue weighted by Gasteiger charge is 2.35. The molecule has 0 aliphatic carbocycles. The highest BCUT2D eigenvalue weighted by Crippen LogP contribution is 2.35. The van der Waals surface area contributed by atoms with E-state index in [1.54, 1.807) is 11.8 Å². The second-order valence-corrected chi connectivity index (χ2v) is 4.83. The summed E-state index contributed by atoms with van der Waals surface area (Å²) in [6, 6.07) is 3.66. The first-order valence-electron chi connectivity index (χ1n) is 6.24. The van der Waals surface area contributed by atoms with Gasteiger partial charge in [0.05, 0.1) is 12.1 Å². The summed E-state index contributed by atoms with van der Waals surface area (Å²) in [5, 5.41) is 17.5. The van der Waals surface area contributed by atoms with E-state index in [1.165, 1.54) is 6.07 Å². The molecule has 2 aromatic rings. The number of β-amino-alcohol motifs (C(OH)–C–C–N with tert-alkyl or cyclic N) is 1. The Morgan fingerprint density at radius 2 is 2.10 bits per heavy atom. The molecule has 7 heteroatoms. The number of halogens is 2. The van der Waals surface area contributed by atoms with Gasteiger partial charge in [0.15, 0.2) is 11.6 Å². The lowest BCUT2D eigenvalue weighted by Gasteiger charge is -2.22. The van der Waals surface area contributed by atoms with Crippen molar-refractivity contribution in [1.82, 2.24) is 10.2 Å². The van der Waals surface area contributed by atoms with E-state index in [9.17, 15) is 13.9 Å². The second-order valence-electron chi connectivity index (χ2n) is 4.83. The number of aromatic nitrogens is 2. The molecule has 20 heavy (non-hydrogen) atoms. The number of aliphatic hydroxyl groups is 1. The van der Waals surface area contributed by atoms with Gasteiger partial charge in [-0.15, -0.1) is 5.10 Å². The molecule has 1 aliphatic heterocycles. The van der Waals surface area contributed by atoms with E-state index in [2.05, 4.69) is 10.2 Å². The quantitative estimate of drug-likeness (QED) is 0.911. The normalized spacial score (nSPS) is 22.5. The molecule has 0 radical (unpaired) electrons. The molecular formula is C13H13F2N3O2. The maximum atomic E-state index is 13.4. The highest BCUT2D eigenvalue weighted by molar-refractivity contribution is 5.37. The van der Waals surface area contributed by atoms with Crippen molar-refractivity contribution >= 4 is 6.01 Å². The number of hydrogen-bond acceptors (Lipinski definition) is 5. The molecule has 0 unspecified atom stereocenters. The van der Waals surface area contributed by atoms with Gasteiger partial charge in [-0.05, 0) is 24.1 Å². The Morgan fingerprint density at radius 1 is 1.30 bits per heavy atom. The predicted molar refractivity (Wildman–Crippen MR) is 66.1 cm³/mol. The molecule has 2 atom stereocenters. The second kappa shape index (κ2) is 4.82. The smallest absolute Gasteiger partial charge is 0.318 e. The van der Waals surface area contributed by atoms with Crippen LogP contribution in [0.1, 0.15) is 23.9 Å². The van der Waals surface area contributed by atoms with E-state index in [1.807, 2.05) is 0 Å². The van der Waals surface area contributed by atoms with Gasteiger partial charge in [0.1, 0.15) is 0 Å². The van der Waals surface area contributed by atoms with Crippen LogP contribution in [0.3, 0.4) is 0 Å². The Kier molecular flexibility index (Phi) is 3.13. The number of nitrogens with zero attached hydrogens (tertiary/aromatic N) is 3. The Balaban J connectivity index is 1.95. The standard InChI is InChI=1S/C13H13F2N3O2/c1-7-16-17-13(20-7)18-6-9(19)5-12(18)8-2-3-10(14)11(15)4-8/h2-4,9,12,19H,5-6H2,1H3/t9-,12-/m1/s1. The molecule has 3 rings (SSSR count). The molecule has 0 bridgehead atoms. The van der Waals surface area contributed by atoms with Crippen LogP contribution < -0.4 is 4.90 Å². The van der Waals surface area contributed by atoms with Crippen molar-refractivity contribution in [1.29, 1.82) is 0 Å². The lowest BCUT2D eigenvalue weighted by atomic mass is 10.0. The van der Waals surface area contributed by atoms with Crippen molar-refractivity contribution < 1.29 is 18.3 Å². The number of aryl methyl sites for hydroxylation is 1. The third-order valence-electron chi connectivity index (χ3n) is 3.37. The van der Waals surface area contributed by atoms with E-state index in [-0.39, 0.29) is 12.1 Å². The van der Waals surface area contributed by atoms with Crippen molar-refractivity contribution in [2.45, 2.75) is 25.5 Å². The van der Waals surface area contributed by atoms with Gasteiger partial charge in [0, 0.05) is 13.5 Å². The minimum absolute atomic E-state index is 0.272. The van der Waals surface area contributed by atoms with E-state index >= 15 is 0 Å². The number of benzene rings is 1. The molecule has 0 spiro atoms. The van der Waals surface area contributed by atoms with Gasteiger partial charge in [0.2, 0.25) is 5.89 Å². The van der Waals surface area contributed by atoms with E-state index in [0.29, 0.717) is 24.4 Å². The summed E-state index contributed by atoms with van der Waals surface area (Å²) in [5.41, 5.74) is 0.566. The molecule has 1 aliphatic rings. The van der Waals surface area contributed by atoms with Crippen LogP contribution in [0, 0.1) is 18.6 Å². The first-order chi connectivity index (χ1) is 9.54. The molecule has 1 aromatic heterocycles. The highest BCUT2D eigenvalue weighted by atomic mass is 19.2. The minimum Gasteiger partial charge on any atom is -0.408 e. The summed E-state index contributed by atoms with van der Waals surface area (Å²) >= 11 is 0. The van der Waals surface area contributed by atoms with Crippen molar-refractivity contribution in [2.24, 2.45) is 0 Å². The maximum absolute atomic E-state index is 13.4. The predicted octanol–water partition coefficient (Wildman–Crippen LogP) is 1.97. The molecule has 0 saturated carbocycles. The molecular weight excluding hydrogens is 268 g/mol. The minimum atomic E-state index is -0.912. The van der Waals surface area contributed by atoms with E-state index < -0.39 is 17.7 Å². The van der Waals surface area contributed by atoms with Crippen LogP contribution >= 0.6 is 0 Å². The lowest BCUT2D eigenvalue weighted by Crippen LogP contribution is -2.24. The van der Waals surface area contributed by atoms with Crippen molar-refractivity contribution in [3.8, 4) is 0 Å². The molecule has 106 valence electrons. The zero-order valence-electron chi connectivity index (χ0n) is 10.8. The number of rotatable bonds is 2. The fourth-order valence-corrected chi connectivity index (χ4v) is 2.46. The molecule has 5 nitrogen and oxygen atoms in total. The Hall–Kier alpha value is -2.02. The van der Waals surface area contributed by atoms with Crippen molar-refractivity contribution in [3.63, 3.8) is 0 Å². The van der Waals surface area contributed by atoms with E-state index in [4.69, 9.17) is 4.42 Å². The van der Waals surface area contributed by atoms with Crippen LogP contribution in [0.4, 0.5) is 14.8 Å². The van der Waals surface area contributed by atoms with Crippen LogP contribution in [-0.4, -0.2) is 28.0 Å². The average Bonchev–Trinajstić information content (AvgIpc) is 2.99. The molecule has 1 N–H and O–H groups in total. The molecule has 0 amide bonds. The Labute approximate surface area is 113 Å². The Bertz CT molecular complexity index is 632. The summed E-state index contributed by atoms with van der Waals surface area (Å²) in [5.74, 6) is -1.40. The molecule has 1 saturated heterocycles. The largest absolute Gasteiger partial charge is 0.408 e. The SMILES string of the molecule is Cc1nnc(N2C[C@H](O)C[C@@H]2c2ccc(F)c(F)c2)o1. The molecule has 1 fully saturated rings. The number of hydrogen-bond donors (Lipinski definition) is 1. The third kappa shape index (κ3) is 2.24. The summed E-state index contributed by atoms with van der Waals surface area (Å²) in [7, 11) is 0. The number of anilines is 1. The summed E-state index contributed by atoms with van der Waals surface area (Å²) in [6.45, 7) is 1.97. The zero-order chi connectivity index (χ0) is 14.3. The third-order valence-corrected chi connectivity index (χ3v) is 3.37. The lowest BCUT2D eigenvalue weighted by molar-refractivity contribution is 0.194. The van der Waals surface area contributed by atoms with Crippen LogP contribution in [0.25, 0.3) is 0 Å². The van der Waals surface area contributed by atoms with Crippen LogP contribution in [0.5, 0.6) is 0 Å². The fourth-order valence-electron chi connectivity index (χ4n) is 2.46. The van der Waals surface area contributed by atoms with Crippen molar-refractivity contribution in [2.75, 3.05) is 11.4 Å². The van der Waals surface area contributed by atoms with Crippen LogP contribution in [0.15, 0.2) is 22.6 Å². The topological polar surface area (TPSA) is 62.4 Å². The van der Waals surface area contributed by atoms with Crippen LogP contribution in [0.2, 0.25) is 0 Å². The van der Waals surface area contributed by atoms with Crippen LogP contribution in [-0.2, 0) is 0 Å². The van der Waals surface area contributed by atoms with Gasteiger partial charge in [-0.3, -0.25) is 0 Å². The first-order valence-corrected chi connectivity index (χ1v) is 6.24. The van der Waals surface area contributed by atoms with Gasteiger partial charge >= 0.3 is 6.01 Å². The van der Waals surface area contributed by atoms with Gasteiger partial charge in [-0.1, -0.05) is 11.2 Å². The monoisotopic (exact) mass is 281 g/mol. The summed E-state index contributed by atoms with van der Waals surface area (Å²) in [6.07, 6.45) is -0.188. The summed E-state index contributed by atoms with van der Waals surface area (Å²) < 4.78 is 31.7. The fraction of sp³-hybridized carbons (Fsp3) is 0.385.